The molecule has 0 atom stereocenters. The summed E-state index contributed by atoms with van der Waals surface area (Å²) in [6.45, 7) is 13.6. The molecule has 0 saturated carbocycles. The maximum Gasteiger partial charge on any atom is 0.202 e. The molecule has 10 aromatic carbocycles. The molecule has 13 rings (SSSR count). The molecule has 2 heterocycles. The van der Waals surface area contributed by atoms with Crippen molar-refractivity contribution in [3.05, 3.63) is 186 Å². The standard InChI is InChI=1S/C34H17N4.C26H28N.Ir/c1-3-19-7-9-23-13-17-27(25-15-11-21(5-1)29(19)31(23)25)33-35-37-34(38-36-33)28-18-14-24-10-8-20-4-2-6-22-12-16-26(28)32(24)30(20)22;1-16(2)18-10-11-23-22(14-18)20-8-7-9-21(25(20)26(23,5)6)24-15-19(17(3)4)12-13-27-24;/h1-17H;7-8,10-17H,1-6H3;/q2*-1;. The third-order valence-corrected chi connectivity index (χ3v) is 13.9. The number of benzene rings is 10. The van der Waals surface area contributed by atoms with Crippen LogP contribution in [0, 0.1) is 12.1 Å². The number of pyridine rings is 1. The van der Waals surface area contributed by atoms with Gasteiger partial charge >= 0.3 is 0 Å². The Labute approximate surface area is 398 Å². The molecule has 321 valence electrons. The van der Waals surface area contributed by atoms with Crippen molar-refractivity contribution in [2.45, 2.75) is 58.8 Å². The van der Waals surface area contributed by atoms with E-state index in [2.05, 4.69) is 214 Å². The van der Waals surface area contributed by atoms with E-state index in [1.165, 1.54) is 81.9 Å². The predicted molar refractivity (Wildman–Crippen MR) is 269 cm³/mol. The average Bonchev–Trinajstić information content (AvgIpc) is 3.58. The summed E-state index contributed by atoms with van der Waals surface area (Å²) in [5.74, 6) is 2.01. The Morgan fingerprint density at radius 1 is 0.470 bits per heavy atom. The first kappa shape index (κ1) is 41.7. The largest absolute Gasteiger partial charge is 0.305 e. The number of aromatic nitrogens is 5. The quantitative estimate of drug-likeness (QED) is 0.127. The second-order valence-corrected chi connectivity index (χ2v) is 18.8. The number of hydrogen-bond acceptors (Lipinski definition) is 5. The van der Waals surface area contributed by atoms with Gasteiger partial charge in [-0.15, -0.1) is 51.7 Å². The summed E-state index contributed by atoms with van der Waals surface area (Å²) in [5.41, 5.74) is 12.1. The summed E-state index contributed by atoms with van der Waals surface area (Å²) in [6.07, 6.45) is 1.93. The van der Waals surface area contributed by atoms with E-state index in [0.29, 0.717) is 23.5 Å². The molecule has 0 N–H and O–H groups in total. The Bertz CT molecular complexity index is 3620. The molecule has 66 heavy (non-hydrogen) atoms. The minimum Gasteiger partial charge on any atom is -0.305 e. The number of rotatable bonds is 5. The van der Waals surface area contributed by atoms with Gasteiger partial charge in [0.2, 0.25) is 5.82 Å². The van der Waals surface area contributed by atoms with Crippen molar-refractivity contribution < 1.29 is 20.1 Å². The zero-order chi connectivity index (χ0) is 44.1. The zero-order valence-electron chi connectivity index (χ0n) is 37.7. The summed E-state index contributed by atoms with van der Waals surface area (Å²) in [4.78, 5) is 4.71. The van der Waals surface area contributed by atoms with Gasteiger partial charge in [0.05, 0.1) is 0 Å². The zero-order valence-corrected chi connectivity index (χ0v) is 40.1. The van der Waals surface area contributed by atoms with Crippen LogP contribution in [0.1, 0.15) is 75.6 Å². The van der Waals surface area contributed by atoms with Crippen molar-refractivity contribution in [2.24, 2.45) is 0 Å². The molecular weight excluding hydrogens is 983 g/mol. The maximum atomic E-state index is 4.71. The fraction of sp³-hybridized carbons (Fsp3) is 0.150. The number of nitrogens with zero attached hydrogens (tertiary/aromatic N) is 5. The van der Waals surface area contributed by atoms with E-state index in [1.807, 2.05) is 12.3 Å². The van der Waals surface area contributed by atoms with Gasteiger partial charge in [-0.05, 0) is 100 Å². The van der Waals surface area contributed by atoms with Crippen LogP contribution in [0.3, 0.4) is 0 Å². The van der Waals surface area contributed by atoms with Gasteiger partial charge in [-0.1, -0.05) is 190 Å². The van der Waals surface area contributed by atoms with E-state index in [9.17, 15) is 0 Å². The van der Waals surface area contributed by atoms with Crippen molar-refractivity contribution >= 4 is 64.6 Å². The summed E-state index contributed by atoms with van der Waals surface area (Å²) < 4.78 is 0. The van der Waals surface area contributed by atoms with E-state index in [-0.39, 0.29) is 25.5 Å². The molecule has 0 fully saturated rings. The summed E-state index contributed by atoms with van der Waals surface area (Å²) in [6, 6.07) is 58.9. The third-order valence-electron chi connectivity index (χ3n) is 13.9. The van der Waals surface area contributed by atoms with Crippen LogP contribution in [0.5, 0.6) is 0 Å². The fourth-order valence-electron chi connectivity index (χ4n) is 10.6. The van der Waals surface area contributed by atoms with Crippen LogP contribution in [-0.2, 0) is 25.5 Å². The van der Waals surface area contributed by atoms with Gasteiger partial charge in [0, 0.05) is 31.9 Å². The van der Waals surface area contributed by atoms with Crippen molar-refractivity contribution in [1.82, 2.24) is 25.4 Å². The Morgan fingerprint density at radius 2 is 1.03 bits per heavy atom. The molecule has 0 unspecified atom stereocenters. The van der Waals surface area contributed by atoms with Gasteiger partial charge in [-0.3, -0.25) is 0 Å². The SMILES string of the molecule is CC(C)c1ccnc(-c2[c-]ccc3c2C(C)(C)c2ccc(C(C)C)cc2-3)c1.[Ir].[c-]1cc2ccc3cccc4ccc(c1-c1nnc(-c5ccc6ccc7cccc8ccc5c6c78)nn1)c2c34. The van der Waals surface area contributed by atoms with Crippen molar-refractivity contribution in [3.63, 3.8) is 0 Å². The van der Waals surface area contributed by atoms with Gasteiger partial charge in [-0.2, -0.15) is 10.2 Å². The third kappa shape index (κ3) is 6.49. The summed E-state index contributed by atoms with van der Waals surface area (Å²) in [7, 11) is 0. The molecule has 0 aliphatic heterocycles. The molecule has 12 aromatic rings. The average molecular weight is 1030 g/mol. The van der Waals surface area contributed by atoms with Gasteiger partial charge in [-0.25, -0.2) is 0 Å². The normalized spacial score (nSPS) is 13.0. The van der Waals surface area contributed by atoms with Gasteiger partial charge < -0.3 is 4.98 Å². The first-order valence-electron chi connectivity index (χ1n) is 22.6. The first-order chi connectivity index (χ1) is 31.6. The second-order valence-electron chi connectivity index (χ2n) is 18.8. The number of hydrogen-bond donors (Lipinski definition) is 0. The van der Waals surface area contributed by atoms with Gasteiger partial charge in [0.1, 0.15) is 5.82 Å². The molecule has 0 bridgehead atoms. The fourth-order valence-corrected chi connectivity index (χ4v) is 10.6. The summed E-state index contributed by atoms with van der Waals surface area (Å²) in [5, 5.41) is 32.7. The molecule has 1 aliphatic rings. The maximum absolute atomic E-state index is 4.71. The van der Waals surface area contributed by atoms with Gasteiger partial charge in [0.15, 0.2) is 0 Å². The second kappa shape index (κ2) is 15.9. The van der Waals surface area contributed by atoms with Gasteiger partial charge in [0.25, 0.3) is 0 Å². The molecule has 6 heteroatoms. The summed E-state index contributed by atoms with van der Waals surface area (Å²) >= 11 is 0. The minimum atomic E-state index is -0.0528. The molecule has 0 spiro atoms. The van der Waals surface area contributed by atoms with Crippen LogP contribution in [0.15, 0.2) is 152 Å². The van der Waals surface area contributed by atoms with Crippen LogP contribution < -0.4 is 0 Å². The molecule has 2 aromatic heterocycles. The van der Waals surface area contributed by atoms with E-state index >= 15 is 0 Å². The Balaban J connectivity index is 0.000000153. The molecular formula is C60H45IrN5-2. The van der Waals surface area contributed by atoms with E-state index < -0.39 is 0 Å². The van der Waals surface area contributed by atoms with Crippen LogP contribution in [0.25, 0.3) is 110 Å². The van der Waals surface area contributed by atoms with E-state index in [0.717, 1.165) is 38.5 Å². The molecule has 1 radical (unpaired) electrons. The minimum absolute atomic E-state index is 0. The van der Waals surface area contributed by atoms with Crippen molar-refractivity contribution in [2.75, 3.05) is 0 Å². The monoisotopic (exact) mass is 1030 g/mol. The Morgan fingerprint density at radius 3 is 1.70 bits per heavy atom. The van der Waals surface area contributed by atoms with Crippen LogP contribution in [-0.4, -0.2) is 25.4 Å². The Hall–Kier alpha value is -6.98. The molecule has 1 aliphatic carbocycles. The Kier molecular flexibility index (Phi) is 10.0. The van der Waals surface area contributed by atoms with Crippen LogP contribution in [0.2, 0.25) is 0 Å². The molecule has 5 nitrogen and oxygen atoms in total. The van der Waals surface area contributed by atoms with Crippen molar-refractivity contribution in [1.29, 1.82) is 0 Å². The smallest absolute Gasteiger partial charge is 0.202 e. The van der Waals surface area contributed by atoms with E-state index in [4.69, 9.17) is 4.98 Å². The molecule has 0 saturated heterocycles. The van der Waals surface area contributed by atoms with Crippen molar-refractivity contribution in [3.8, 4) is 45.2 Å². The van der Waals surface area contributed by atoms with E-state index in [1.54, 1.807) is 0 Å². The number of fused-ring (bicyclic) bond motifs is 3. The molecule has 0 amide bonds. The van der Waals surface area contributed by atoms with Crippen LogP contribution >= 0.6 is 0 Å². The van der Waals surface area contributed by atoms with Crippen LogP contribution in [0.4, 0.5) is 0 Å². The predicted octanol–water partition coefficient (Wildman–Crippen LogP) is 15.3. The first-order valence-corrected chi connectivity index (χ1v) is 22.6. The topological polar surface area (TPSA) is 64.5 Å².